The van der Waals surface area contributed by atoms with Gasteiger partial charge in [0.15, 0.2) is 0 Å². The summed E-state index contributed by atoms with van der Waals surface area (Å²) in [5.41, 5.74) is 0. The summed E-state index contributed by atoms with van der Waals surface area (Å²) in [6.07, 6.45) is 3.71. The van der Waals surface area contributed by atoms with Crippen molar-refractivity contribution >= 4 is 12.0 Å². The standard InChI is InChI=1S/C15H27N3O3/c1-3-12-11-16(2)7-5-9-17(12)15(21)18-8-4-6-13(18)10-14(19)20/h12-13H,3-11H2,1-2H3,(H,19,20). The predicted molar refractivity (Wildman–Crippen MR) is 80.3 cm³/mol. The van der Waals surface area contributed by atoms with Crippen LogP contribution in [0.25, 0.3) is 0 Å². The summed E-state index contributed by atoms with van der Waals surface area (Å²) in [5, 5.41) is 9.00. The zero-order valence-corrected chi connectivity index (χ0v) is 13.1. The number of likely N-dealkylation sites (tertiary alicyclic amines) is 1. The molecule has 0 aromatic carbocycles. The van der Waals surface area contributed by atoms with Crippen molar-refractivity contribution in [3.05, 3.63) is 0 Å². The Kier molecular flexibility index (Phi) is 5.45. The molecule has 2 atom stereocenters. The Labute approximate surface area is 126 Å². The number of amides is 2. The zero-order chi connectivity index (χ0) is 15.4. The van der Waals surface area contributed by atoms with Crippen LogP contribution < -0.4 is 0 Å². The van der Waals surface area contributed by atoms with E-state index in [2.05, 4.69) is 18.9 Å². The van der Waals surface area contributed by atoms with Crippen molar-refractivity contribution in [1.82, 2.24) is 14.7 Å². The number of rotatable bonds is 3. The monoisotopic (exact) mass is 297 g/mol. The fourth-order valence-corrected chi connectivity index (χ4v) is 3.51. The molecule has 1 N–H and O–H groups in total. The number of nitrogens with zero attached hydrogens (tertiary/aromatic N) is 3. The minimum absolute atomic E-state index is 0.0425. The predicted octanol–water partition coefficient (Wildman–Crippen LogP) is 1.46. The molecule has 2 aliphatic rings. The van der Waals surface area contributed by atoms with Gasteiger partial charge in [0.05, 0.1) is 6.42 Å². The highest BCUT2D eigenvalue weighted by molar-refractivity contribution is 5.77. The van der Waals surface area contributed by atoms with Gasteiger partial charge in [0.2, 0.25) is 0 Å². The second-order valence-electron chi connectivity index (χ2n) is 6.24. The van der Waals surface area contributed by atoms with Crippen molar-refractivity contribution in [3.63, 3.8) is 0 Å². The highest BCUT2D eigenvalue weighted by Crippen LogP contribution is 2.24. The first-order valence-corrected chi connectivity index (χ1v) is 8.00. The van der Waals surface area contributed by atoms with Gasteiger partial charge >= 0.3 is 12.0 Å². The van der Waals surface area contributed by atoms with Gasteiger partial charge in [0, 0.05) is 31.7 Å². The number of aliphatic carboxylic acids is 1. The number of hydrogen-bond acceptors (Lipinski definition) is 3. The Hall–Kier alpha value is -1.30. The third-order valence-corrected chi connectivity index (χ3v) is 4.65. The van der Waals surface area contributed by atoms with Crippen LogP contribution in [0.5, 0.6) is 0 Å². The normalized spacial score (nSPS) is 27.7. The summed E-state index contributed by atoms with van der Waals surface area (Å²) in [7, 11) is 2.10. The van der Waals surface area contributed by atoms with Crippen molar-refractivity contribution in [2.24, 2.45) is 0 Å². The minimum atomic E-state index is -0.817. The van der Waals surface area contributed by atoms with Gasteiger partial charge in [-0.3, -0.25) is 4.79 Å². The molecular weight excluding hydrogens is 270 g/mol. The molecule has 21 heavy (non-hydrogen) atoms. The molecule has 0 aromatic rings. The fraction of sp³-hybridized carbons (Fsp3) is 0.867. The molecule has 0 aliphatic carbocycles. The summed E-state index contributed by atoms with van der Waals surface area (Å²) in [6.45, 7) is 5.50. The average molecular weight is 297 g/mol. The molecule has 2 heterocycles. The number of urea groups is 1. The van der Waals surface area contributed by atoms with Crippen LogP contribution in [0.2, 0.25) is 0 Å². The fourth-order valence-electron chi connectivity index (χ4n) is 3.51. The van der Waals surface area contributed by atoms with E-state index < -0.39 is 5.97 Å². The van der Waals surface area contributed by atoms with Crippen molar-refractivity contribution in [3.8, 4) is 0 Å². The van der Waals surface area contributed by atoms with Gasteiger partial charge in [0.1, 0.15) is 0 Å². The van der Waals surface area contributed by atoms with E-state index in [4.69, 9.17) is 5.11 Å². The summed E-state index contributed by atoms with van der Waals surface area (Å²) in [6, 6.07) is 0.144. The summed E-state index contributed by atoms with van der Waals surface area (Å²) in [4.78, 5) is 29.9. The van der Waals surface area contributed by atoms with Crippen LogP contribution in [0.1, 0.15) is 39.0 Å². The second-order valence-corrected chi connectivity index (χ2v) is 6.24. The first-order chi connectivity index (χ1) is 10.0. The molecule has 0 aromatic heterocycles. The third kappa shape index (κ3) is 3.87. The van der Waals surface area contributed by atoms with E-state index in [9.17, 15) is 9.59 Å². The summed E-state index contributed by atoms with van der Waals surface area (Å²) >= 11 is 0. The van der Waals surface area contributed by atoms with E-state index in [1.54, 1.807) is 4.90 Å². The van der Waals surface area contributed by atoms with Gasteiger partial charge in [-0.2, -0.15) is 0 Å². The molecule has 6 heteroatoms. The lowest BCUT2D eigenvalue weighted by Crippen LogP contribution is -2.51. The lowest BCUT2D eigenvalue weighted by molar-refractivity contribution is -0.138. The average Bonchev–Trinajstić information content (AvgIpc) is 2.79. The SMILES string of the molecule is CCC1CN(C)CCCN1C(=O)N1CCCC1CC(=O)O. The first-order valence-electron chi connectivity index (χ1n) is 8.00. The Morgan fingerprint density at radius 2 is 1.76 bits per heavy atom. The molecule has 0 radical (unpaired) electrons. The van der Waals surface area contributed by atoms with Gasteiger partial charge in [-0.15, -0.1) is 0 Å². The van der Waals surface area contributed by atoms with Gasteiger partial charge < -0.3 is 19.8 Å². The molecular formula is C15H27N3O3. The number of carboxylic acid groups (broad SMARTS) is 1. The number of carboxylic acids is 1. The zero-order valence-electron chi connectivity index (χ0n) is 13.1. The molecule has 2 amide bonds. The number of hydrogen-bond donors (Lipinski definition) is 1. The van der Waals surface area contributed by atoms with Gasteiger partial charge in [-0.05, 0) is 39.3 Å². The molecule has 2 aliphatic heterocycles. The summed E-state index contributed by atoms with van der Waals surface area (Å²) in [5.74, 6) is -0.817. The van der Waals surface area contributed by atoms with Crippen molar-refractivity contribution < 1.29 is 14.7 Å². The topological polar surface area (TPSA) is 64.1 Å². The van der Waals surface area contributed by atoms with Crippen molar-refractivity contribution in [2.45, 2.75) is 51.1 Å². The third-order valence-electron chi connectivity index (χ3n) is 4.65. The Balaban J connectivity index is 2.07. The van der Waals surface area contributed by atoms with Gasteiger partial charge in [-0.1, -0.05) is 6.92 Å². The van der Waals surface area contributed by atoms with Crippen LogP contribution in [0.15, 0.2) is 0 Å². The molecule has 2 rings (SSSR count). The lowest BCUT2D eigenvalue weighted by Gasteiger charge is -2.35. The van der Waals surface area contributed by atoms with Crippen LogP contribution in [-0.2, 0) is 4.79 Å². The molecule has 2 fully saturated rings. The molecule has 0 saturated carbocycles. The number of likely N-dealkylation sites (N-methyl/N-ethyl adjacent to an activating group) is 1. The van der Waals surface area contributed by atoms with Gasteiger partial charge in [0.25, 0.3) is 0 Å². The Morgan fingerprint density at radius 1 is 1.10 bits per heavy atom. The van der Waals surface area contributed by atoms with Crippen molar-refractivity contribution in [2.75, 3.05) is 33.2 Å². The van der Waals surface area contributed by atoms with Crippen molar-refractivity contribution in [1.29, 1.82) is 0 Å². The summed E-state index contributed by atoms with van der Waals surface area (Å²) < 4.78 is 0. The smallest absolute Gasteiger partial charge is 0.320 e. The first kappa shape index (κ1) is 16.1. The molecule has 0 spiro atoms. The Morgan fingerprint density at radius 3 is 2.43 bits per heavy atom. The second kappa shape index (κ2) is 7.11. The van der Waals surface area contributed by atoms with E-state index in [1.807, 2.05) is 4.90 Å². The van der Waals surface area contributed by atoms with E-state index in [0.29, 0.717) is 6.54 Å². The van der Waals surface area contributed by atoms with Gasteiger partial charge in [-0.25, -0.2) is 4.79 Å². The highest BCUT2D eigenvalue weighted by Gasteiger charge is 2.35. The molecule has 2 unspecified atom stereocenters. The molecule has 120 valence electrons. The molecule has 2 saturated heterocycles. The number of carbonyl (C=O) groups is 2. The van der Waals surface area contributed by atoms with Crippen LogP contribution in [-0.4, -0.2) is 77.1 Å². The highest BCUT2D eigenvalue weighted by atomic mass is 16.4. The lowest BCUT2D eigenvalue weighted by atomic mass is 10.1. The van der Waals surface area contributed by atoms with Crippen LogP contribution in [0.3, 0.4) is 0 Å². The van der Waals surface area contributed by atoms with Crippen LogP contribution in [0.4, 0.5) is 4.79 Å². The van der Waals surface area contributed by atoms with E-state index in [-0.39, 0.29) is 24.5 Å². The van der Waals surface area contributed by atoms with Crippen LogP contribution >= 0.6 is 0 Å². The largest absolute Gasteiger partial charge is 0.481 e. The quantitative estimate of drug-likeness (QED) is 0.856. The van der Waals surface area contributed by atoms with Crippen LogP contribution in [0, 0.1) is 0 Å². The van der Waals surface area contributed by atoms with E-state index >= 15 is 0 Å². The maximum Gasteiger partial charge on any atom is 0.320 e. The molecule has 6 nitrogen and oxygen atoms in total. The minimum Gasteiger partial charge on any atom is -0.481 e. The van der Waals surface area contributed by atoms with E-state index in [1.165, 1.54) is 0 Å². The molecule has 0 bridgehead atoms. The Bertz CT molecular complexity index is 388. The number of carbonyl (C=O) groups excluding carboxylic acids is 1. The van der Waals surface area contributed by atoms with E-state index in [0.717, 1.165) is 45.3 Å². The maximum absolute atomic E-state index is 12.9. The maximum atomic E-state index is 12.9.